The second kappa shape index (κ2) is 7.22. The monoisotopic (exact) mass is 269 g/mol. The van der Waals surface area contributed by atoms with E-state index in [9.17, 15) is 4.79 Å². The molecule has 0 aromatic rings. The average Bonchev–Trinajstić information content (AvgIpc) is 2.88. The molecule has 0 radical (unpaired) electrons. The van der Waals surface area contributed by atoms with Crippen LogP contribution in [0.1, 0.15) is 32.1 Å². The summed E-state index contributed by atoms with van der Waals surface area (Å²) in [5, 5.41) is 0. The van der Waals surface area contributed by atoms with Gasteiger partial charge in [0.1, 0.15) is 0 Å². The zero-order valence-electron chi connectivity index (χ0n) is 12.0. The SMILES string of the molecule is COC(=O)CCCN1CCC(N2CCC(N)CC2)C1. The van der Waals surface area contributed by atoms with Crippen LogP contribution in [0.2, 0.25) is 0 Å². The van der Waals surface area contributed by atoms with Gasteiger partial charge in [-0.05, 0) is 51.9 Å². The quantitative estimate of drug-likeness (QED) is 0.734. The van der Waals surface area contributed by atoms with E-state index in [2.05, 4.69) is 14.5 Å². The van der Waals surface area contributed by atoms with Gasteiger partial charge in [0.15, 0.2) is 0 Å². The van der Waals surface area contributed by atoms with Gasteiger partial charge in [0.25, 0.3) is 0 Å². The molecule has 2 aliphatic heterocycles. The number of nitrogens with two attached hydrogens (primary N) is 1. The smallest absolute Gasteiger partial charge is 0.305 e. The van der Waals surface area contributed by atoms with E-state index < -0.39 is 0 Å². The third-order valence-corrected chi connectivity index (χ3v) is 4.42. The third-order valence-electron chi connectivity index (χ3n) is 4.42. The molecule has 0 amide bonds. The molecule has 0 aliphatic carbocycles. The van der Waals surface area contributed by atoms with Crippen LogP contribution in [0.5, 0.6) is 0 Å². The number of carbonyl (C=O) groups excluding carboxylic acids is 1. The first-order valence-electron chi connectivity index (χ1n) is 7.48. The largest absolute Gasteiger partial charge is 0.469 e. The molecule has 2 aliphatic rings. The molecule has 19 heavy (non-hydrogen) atoms. The van der Waals surface area contributed by atoms with Crippen LogP contribution in [0, 0.1) is 0 Å². The average molecular weight is 269 g/mol. The lowest BCUT2D eigenvalue weighted by atomic mass is 10.0. The molecule has 1 unspecified atom stereocenters. The number of likely N-dealkylation sites (tertiary alicyclic amines) is 2. The predicted octanol–water partition coefficient (Wildman–Crippen LogP) is 0.437. The van der Waals surface area contributed by atoms with Crippen molar-refractivity contribution in [1.82, 2.24) is 9.80 Å². The molecular weight excluding hydrogens is 242 g/mol. The number of rotatable bonds is 5. The molecule has 0 spiro atoms. The normalized spacial score (nSPS) is 26.7. The molecule has 2 fully saturated rings. The van der Waals surface area contributed by atoms with E-state index >= 15 is 0 Å². The Bertz CT molecular complexity index is 290. The minimum absolute atomic E-state index is 0.0965. The maximum Gasteiger partial charge on any atom is 0.305 e. The predicted molar refractivity (Wildman–Crippen MR) is 74.9 cm³/mol. The van der Waals surface area contributed by atoms with Crippen molar-refractivity contribution in [1.29, 1.82) is 0 Å². The summed E-state index contributed by atoms with van der Waals surface area (Å²) in [7, 11) is 1.45. The molecule has 2 rings (SSSR count). The number of carbonyl (C=O) groups is 1. The molecule has 2 heterocycles. The van der Waals surface area contributed by atoms with E-state index in [0.29, 0.717) is 18.5 Å². The van der Waals surface area contributed by atoms with Gasteiger partial charge in [-0.15, -0.1) is 0 Å². The zero-order valence-corrected chi connectivity index (χ0v) is 12.0. The Balaban J connectivity index is 1.64. The lowest BCUT2D eigenvalue weighted by Crippen LogP contribution is -2.46. The van der Waals surface area contributed by atoms with Crippen molar-refractivity contribution in [2.75, 3.05) is 39.8 Å². The van der Waals surface area contributed by atoms with Crippen LogP contribution in [-0.2, 0) is 9.53 Å². The Hall–Kier alpha value is -0.650. The molecule has 110 valence electrons. The number of nitrogens with zero attached hydrogens (tertiary/aromatic N) is 2. The summed E-state index contributed by atoms with van der Waals surface area (Å²) in [6, 6.07) is 1.11. The van der Waals surface area contributed by atoms with E-state index in [1.54, 1.807) is 0 Å². The van der Waals surface area contributed by atoms with Crippen LogP contribution in [0.15, 0.2) is 0 Å². The van der Waals surface area contributed by atoms with Gasteiger partial charge in [-0.3, -0.25) is 9.69 Å². The Labute approximate surface area is 116 Å². The number of ether oxygens (including phenoxy) is 1. The van der Waals surface area contributed by atoms with E-state index in [0.717, 1.165) is 52.0 Å². The zero-order chi connectivity index (χ0) is 13.7. The summed E-state index contributed by atoms with van der Waals surface area (Å²) >= 11 is 0. The van der Waals surface area contributed by atoms with E-state index in [4.69, 9.17) is 5.73 Å². The van der Waals surface area contributed by atoms with Crippen LogP contribution >= 0.6 is 0 Å². The summed E-state index contributed by atoms with van der Waals surface area (Å²) in [5.41, 5.74) is 5.95. The standard InChI is InChI=1S/C14H27N3O2/c1-19-14(18)3-2-7-16-8-6-13(11-16)17-9-4-12(15)5-10-17/h12-13H,2-11,15H2,1H3. The highest BCUT2D eigenvalue weighted by atomic mass is 16.5. The van der Waals surface area contributed by atoms with Crippen molar-refractivity contribution in [3.8, 4) is 0 Å². The van der Waals surface area contributed by atoms with Crippen LogP contribution in [-0.4, -0.2) is 67.7 Å². The fourth-order valence-corrected chi connectivity index (χ4v) is 3.15. The number of piperidine rings is 1. The van der Waals surface area contributed by atoms with Crippen molar-refractivity contribution in [3.05, 3.63) is 0 Å². The van der Waals surface area contributed by atoms with Crippen molar-refractivity contribution < 1.29 is 9.53 Å². The topological polar surface area (TPSA) is 58.8 Å². The molecule has 2 N–H and O–H groups in total. The first-order valence-corrected chi connectivity index (χ1v) is 7.48. The Morgan fingerprint density at radius 3 is 2.68 bits per heavy atom. The van der Waals surface area contributed by atoms with Crippen LogP contribution in [0.4, 0.5) is 0 Å². The minimum Gasteiger partial charge on any atom is -0.469 e. The lowest BCUT2D eigenvalue weighted by Gasteiger charge is -2.34. The third kappa shape index (κ3) is 4.44. The Morgan fingerprint density at radius 1 is 1.26 bits per heavy atom. The summed E-state index contributed by atoms with van der Waals surface area (Å²) in [6.07, 6.45) is 4.98. The first-order chi connectivity index (χ1) is 9.19. The van der Waals surface area contributed by atoms with E-state index in [1.165, 1.54) is 13.5 Å². The Kier molecular flexibility index (Phi) is 5.60. The van der Waals surface area contributed by atoms with Crippen molar-refractivity contribution in [2.45, 2.75) is 44.2 Å². The molecule has 0 saturated carbocycles. The molecule has 5 heteroatoms. The fourth-order valence-electron chi connectivity index (χ4n) is 3.15. The lowest BCUT2D eigenvalue weighted by molar-refractivity contribution is -0.140. The van der Waals surface area contributed by atoms with Gasteiger partial charge >= 0.3 is 5.97 Å². The summed E-state index contributed by atoms with van der Waals surface area (Å²) in [6.45, 7) is 5.63. The highest BCUT2D eigenvalue weighted by molar-refractivity contribution is 5.69. The van der Waals surface area contributed by atoms with E-state index in [-0.39, 0.29) is 5.97 Å². The highest BCUT2D eigenvalue weighted by Crippen LogP contribution is 2.20. The van der Waals surface area contributed by atoms with Crippen LogP contribution < -0.4 is 5.73 Å². The van der Waals surface area contributed by atoms with Gasteiger partial charge in [0.05, 0.1) is 7.11 Å². The summed E-state index contributed by atoms with van der Waals surface area (Å²) in [4.78, 5) is 16.1. The van der Waals surface area contributed by atoms with E-state index in [1.807, 2.05) is 0 Å². The van der Waals surface area contributed by atoms with Crippen molar-refractivity contribution in [2.24, 2.45) is 5.73 Å². The van der Waals surface area contributed by atoms with Crippen LogP contribution in [0.3, 0.4) is 0 Å². The molecule has 0 aromatic heterocycles. The van der Waals surface area contributed by atoms with Gasteiger partial charge in [0, 0.05) is 25.0 Å². The molecule has 0 aromatic carbocycles. The second-order valence-electron chi connectivity index (χ2n) is 5.80. The minimum atomic E-state index is -0.0965. The van der Waals surface area contributed by atoms with Crippen molar-refractivity contribution >= 4 is 5.97 Å². The highest BCUT2D eigenvalue weighted by Gasteiger charge is 2.29. The summed E-state index contributed by atoms with van der Waals surface area (Å²) < 4.78 is 4.66. The molecule has 2 saturated heterocycles. The van der Waals surface area contributed by atoms with Gasteiger partial charge in [0.2, 0.25) is 0 Å². The Morgan fingerprint density at radius 2 is 2.00 bits per heavy atom. The number of esters is 1. The van der Waals surface area contributed by atoms with Crippen molar-refractivity contribution in [3.63, 3.8) is 0 Å². The molecule has 5 nitrogen and oxygen atoms in total. The molecular formula is C14H27N3O2. The molecule has 0 bridgehead atoms. The maximum atomic E-state index is 11.1. The maximum absolute atomic E-state index is 11.1. The number of hydrogen-bond acceptors (Lipinski definition) is 5. The van der Waals surface area contributed by atoms with Gasteiger partial charge in [-0.25, -0.2) is 0 Å². The number of hydrogen-bond donors (Lipinski definition) is 1. The van der Waals surface area contributed by atoms with Gasteiger partial charge < -0.3 is 15.4 Å². The van der Waals surface area contributed by atoms with Gasteiger partial charge in [-0.2, -0.15) is 0 Å². The fraction of sp³-hybridized carbons (Fsp3) is 0.929. The second-order valence-corrected chi connectivity index (χ2v) is 5.80. The summed E-state index contributed by atoms with van der Waals surface area (Å²) in [5.74, 6) is -0.0965. The first kappa shape index (κ1) is 14.8. The number of methoxy groups -OCH3 is 1. The molecule has 1 atom stereocenters. The van der Waals surface area contributed by atoms with Gasteiger partial charge in [-0.1, -0.05) is 0 Å². The van der Waals surface area contributed by atoms with Crippen LogP contribution in [0.25, 0.3) is 0 Å².